The molecule has 0 unspecified atom stereocenters. The van der Waals surface area contributed by atoms with Crippen molar-refractivity contribution < 1.29 is 19.5 Å². The molecule has 7 heteroatoms. The van der Waals surface area contributed by atoms with Crippen molar-refractivity contribution in [2.45, 2.75) is 43.9 Å². The topological polar surface area (TPSA) is 95.5 Å². The Kier molecular flexibility index (Phi) is 7.52. The van der Waals surface area contributed by atoms with Crippen LogP contribution in [-0.4, -0.2) is 28.6 Å². The monoisotopic (exact) mass is 426 g/mol. The van der Waals surface area contributed by atoms with Crippen molar-refractivity contribution in [1.29, 1.82) is 0 Å². The van der Waals surface area contributed by atoms with Crippen LogP contribution in [0.4, 0.5) is 11.4 Å². The van der Waals surface area contributed by atoms with Gasteiger partial charge < -0.3 is 15.7 Å². The Morgan fingerprint density at radius 3 is 2.53 bits per heavy atom. The van der Waals surface area contributed by atoms with Gasteiger partial charge in [0.25, 0.3) is 0 Å². The van der Waals surface area contributed by atoms with Crippen LogP contribution in [-0.2, 0) is 9.59 Å². The number of carbonyl (C=O) groups excluding carboxylic acids is 2. The summed E-state index contributed by atoms with van der Waals surface area (Å²) in [7, 11) is 0. The SMILES string of the molecule is Cc1ccc(C(=O)O)cc1NC(=O)CSc1cccc(NC(=O)C2CCCCC2)c1. The summed E-state index contributed by atoms with van der Waals surface area (Å²) in [6.45, 7) is 1.81. The van der Waals surface area contributed by atoms with Crippen molar-refractivity contribution in [3.63, 3.8) is 0 Å². The molecule has 2 aromatic rings. The Hall–Kier alpha value is -2.80. The summed E-state index contributed by atoms with van der Waals surface area (Å²) in [4.78, 5) is 36.8. The van der Waals surface area contributed by atoms with Gasteiger partial charge in [-0.05, 0) is 55.7 Å². The summed E-state index contributed by atoms with van der Waals surface area (Å²) in [6, 6.07) is 12.1. The number of amides is 2. The second-order valence-corrected chi connectivity index (χ2v) is 8.57. The maximum Gasteiger partial charge on any atom is 0.335 e. The van der Waals surface area contributed by atoms with Gasteiger partial charge in [0.15, 0.2) is 0 Å². The Balaban J connectivity index is 1.55. The van der Waals surface area contributed by atoms with E-state index in [1.807, 2.05) is 31.2 Å². The van der Waals surface area contributed by atoms with Crippen molar-refractivity contribution >= 4 is 40.9 Å². The number of aryl methyl sites for hydroxylation is 1. The number of carbonyl (C=O) groups is 3. The largest absolute Gasteiger partial charge is 0.478 e. The summed E-state index contributed by atoms with van der Waals surface area (Å²) in [5.74, 6) is -0.917. The summed E-state index contributed by atoms with van der Waals surface area (Å²) in [5.41, 5.74) is 2.16. The minimum atomic E-state index is -1.04. The lowest BCUT2D eigenvalue weighted by Gasteiger charge is -2.20. The summed E-state index contributed by atoms with van der Waals surface area (Å²) < 4.78 is 0. The number of aromatic carboxylic acids is 1. The lowest BCUT2D eigenvalue weighted by Crippen LogP contribution is -2.24. The van der Waals surface area contributed by atoms with E-state index in [2.05, 4.69) is 10.6 Å². The van der Waals surface area contributed by atoms with Crippen LogP contribution in [0.25, 0.3) is 0 Å². The van der Waals surface area contributed by atoms with E-state index in [0.29, 0.717) is 5.69 Å². The number of benzene rings is 2. The number of carboxylic acid groups (broad SMARTS) is 1. The number of thioether (sulfide) groups is 1. The van der Waals surface area contributed by atoms with Gasteiger partial charge in [-0.1, -0.05) is 31.4 Å². The van der Waals surface area contributed by atoms with Gasteiger partial charge in [0.1, 0.15) is 0 Å². The molecule has 0 bridgehead atoms. The zero-order valence-corrected chi connectivity index (χ0v) is 17.8. The van der Waals surface area contributed by atoms with Gasteiger partial charge in [-0.3, -0.25) is 9.59 Å². The number of hydrogen-bond donors (Lipinski definition) is 3. The van der Waals surface area contributed by atoms with Gasteiger partial charge in [-0.15, -0.1) is 11.8 Å². The minimum absolute atomic E-state index is 0.0726. The van der Waals surface area contributed by atoms with E-state index >= 15 is 0 Å². The van der Waals surface area contributed by atoms with E-state index in [0.717, 1.165) is 41.8 Å². The second-order valence-electron chi connectivity index (χ2n) is 7.52. The van der Waals surface area contributed by atoms with Crippen molar-refractivity contribution in [2.75, 3.05) is 16.4 Å². The standard InChI is InChI=1S/C23H26N2O4S/c1-15-10-11-17(23(28)29)12-20(15)25-21(26)14-30-19-9-5-8-18(13-19)24-22(27)16-6-3-2-4-7-16/h5,8-13,16H,2-4,6-7,14H2,1H3,(H,24,27)(H,25,26)(H,28,29). The molecule has 1 aliphatic rings. The predicted molar refractivity (Wildman–Crippen MR) is 119 cm³/mol. The summed E-state index contributed by atoms with van der Waals surface area (Å²) in [6.07, 6.45) is 5.32. The zero-order chi connectivity index (χ0) is 21.5. The third-order valence-electron chi connectivity index (χ3n) is 5.21. The number of anilines is 2. The molecule has 0 atom stereocenters. The highest BCUT2D eigenvalue weighted by Crippen LogP contribution is 2.27. The molecule has 6 nitrogen and oxygen atoms in total. The molecular weight excluding hydrogens is 400 g/mol. The first-order valence-corrected chi connectivity index (χ1v) is 11.1. The fourth-order valence-corrected chi connectivity index (χ4v) is 4.25. The molecule has 1 aliphatic carbocycles. The quantitative estimate of drug-likeness (QED) is 0.545. The average Bonchev–Trinajstić information content (AvgIpc) is 2.74. The molecule has 1 saturated carbocycles. The molecule has 30 heavy (non-hydrogen) atoms. The average molecular weight is 427 g/mol. The highest BCUT2D eigenvalue weighted by Gasteiger charge is 2.21. The smallest absolute Gasteiger partial charge is 0.335 e. The van der Waals surface area contributed by atoms with Gasteiger partial charge in [0, 0.05) is 22.2 Å². The molecule has 0 aliphatic heterocycles. The Bertz CT molecular complexity index is 939. The fourth-order valence-electron chi connectivity index (χ4n) is 3.50. The maximum absolute atomic E-state index is 12.4. The summed E-state index contributed by atoms with van der Waals surface area (Å²) in [5, 5.41) is 14.9. The van der Waals surface area contributed by atoms with Crippen LogP contribution in [0.15, 0.2) is 47.4 Å². The fraction of sp³-hybridized carbons (Fsp3) is 0.348. The lowest BCUT2D eigenvalue weighted by atomic mass is 9.88. The Morgan fingerprint density at radius 1 is 1.03 bits per heavy atom. The van der Waals surface area contributed by atoms with Gasteiger partial charge in [0.05, 0.1) is 11.3 Å². The van der Waals surface area contributed by atoms with Crippen molar-refractivity contribution in [3.8, 4) is 0 Å². The maximum atomic E-state index is 12.4. The third-order valence-corrected chi connectivity index (χ3v) is 6.20. The van der Waals surface area contributed by atoms with Crippen LogP contribution in [0.5, 0.6) is 0 Å². The highest BCUT2D eigenvalue weighted by atomic mass is 32.2. The molecule has 3 rings (SSSR count). The highest BCUT2D eigenvalue weighted by molar-refractivity contribution is 8.00. The first-order valence-electron chi connectivity index (χ1n) is 10.1. The molecule has 0 aromatic heterocycles. The number of carboxylic acids is 1. The molecule has 0 spiro atoms. The zero-order valence-electron chi connectivity index (χ0n) is 16.9. The second kappa shape index (κ2) is 10.3. The van der Waals surface area contributed by atoms with E-state index in [9.17, 15) is 14.4 Å². The van der Waals surface area contributed by atoms with E-state index in [1.165, 1.54) is 30.3 Å². The molecule has 2 amide bonds. The normalized spacial score (nSPS) is 14.2. The molecule has 0 radical (unpaired) electrons. The van der Waals surface area contributed by atoms with Crippen LogP contribution in [0.3, 0.4) is 0 Å². The van der Waals surface area contributed by atoms with E-state index in [4.69, 9.17) is 5.11 Å². The number of nitrogens with one attached hydrogen (secondary N) is 2. The number of rotatable bonds is 7. The first-order chi connectivity index (χ1) is 14.4. The molecule has 3 N–H and O–H groups in total. The molecule has 1 fully saturated rings. The molecule has 158 valence electrons. The Labute approximate surface area is 180 Å². The minimum Gasteiger partial charge on any atom is -0.478 e. The van der Waals surface area contributed by atoms with Crippen LogP contribution >= 0.6 is 11.8 Å². The molecule has 0 heterocycles. The van der Waals surface area contributed by atoms with E-state index in [1.54, 1.807) is 6.07 Å². The van der Waals surface area contributed by atoms with Gasteiger partial charge in [-0.2, -0.15) is 0 Å². The molecule has 2 aromatic carbocycles. The van der Waals surface area contributed by atoms with Crippen molar-refractivity contribution in [2.24, 2.45) is 5.92 Å². The van der Waals surface area contributed by atoms with Crippen molar-refractivity contribution in [1.82, 2.24) is 0 Å². The molecular formula is C23H26N2O4S. The van der Waals surface area contributed by atoms with E-state index in [-0.39, 0.29) is 29.0 Å². The van der Waals surface area contributed by atoms with Crippen molar-refractivity contribution in [3.05, 3.63) is 53.6 Å². The van der Waals surface area contributed by atoms with Crippen LogP contribution in [0, 0.1) is 12.8 Å². The third kappa shape index (κ3) is 6.10. The Morgan fingerprint density at radius 2 is 1.80 bits per heavy atom. The van der Waals surface area contributed by atoms with Gasteiger partial charge >= 0.3 is 5.97 Å². The summed E-state index contributed by atoms with van der Waals surface area (Å²) >= 11 is 1.36. The molecule has 0 saturated heterocycles. The van der Waals surface area contributed by atoms with Crippen LogP contribution in [0.1, 0.15) is 48.0 Å². The van der Waals surface area contributed by atoms with E-state index < -0.39 is 5.97 Å². The van der Waals surface area contributed by atoms with Gasteiger partial charge in [0.2, 0.25) is 11.8 Å². The number of hydrogen-bond acceptors (Lipinski definition) is 4. The predicted octanol–water partition coefficient (Wildman–Crippen LogP) is 4.94. The first kappa shape index (κ1) is 21.9. The van der Waals surface area contributed by atoms with Crippen LogP contribution in [0.2, 0.25) is 0 Å². The van der Waals surface area contributed by atoms with Crippen LogP contribution < -0.4 is 10.6 Å². The lowest BCUT2D eigenvalue weighted by molar-refractivity contribution is -0.120. The van der Waals surface area contributed by atoms with Gasteiger partial charge in [-0.25, -0.2) is 4.79 Å².